The first-order valence-electron chi connectivity index (χ1n) is 8.82. The molecular formula is C18H19BrN4O4S. The van der Waals surface area contributed by atoms with Crippen LogP contribution in [-0.2, 0) is 30.5 Å². The molecule has 0 atom stereocenters. The van der Waals surface area contributed by atoms with Gasteiger partial charge in [0.25, 0.3) is 5.56 Å². The van der Waals surface area contributed by atoms with E-state index < -0.39 is 21.1 Å². The molecule has 4 rings (SSSR count). The summed E-state index contributed by atoms with van der Waals surface area (Å²) in [4.78, 5) is 29.7. The molecule has 1 aromatic carbocycles. The van der Waals surface area contributed by atoms with Crippen molar-refractivity contribution >= 4 is 36.9 Å². The summed E-state index contributed by atoms with van der Waals surface area (Å²) in [6, 6.07) is 7.42. The molecule has 10 heteroatoms. The summed E-state index contributed by atoms with van der Waals surface area (Å²) in [5.41, 5.74) is -0.0871. The van der Waals surface area contributed by atoms with Crippen molar-refractivity contribution in [2.45, 2.75) is 24.5 Å². The van der Waals surface area contributed by atoms with Gasteiger partial charge in [0, 0.05) is 18.6 Å². The maximum atomic E-state index is 12.8. The van der Waals surface area contributed by atoms with Crippen LogP contribution < -0.4 is 11.2 Å². The fourth-order valence-corrected chi connectivity index (χ4v) is 5.60. The zero-order valence-electron chi connectivity index (χ0n) is 15.4. The highest BCUT2D eigenvalue weighted by atomic mass is 79.9. The molecule has 0 radical (unpaired) electrons. The summed E-state index contributed by atoms with van der Waals surface area (Å²) < 4.78 is 30.0. The lowest BCUT2D eigenvalue weighted by molar-refractivity contribution is 0.576. The number of benzene rings is 1. The van der Waals surface area contributed by atoms with Gasteiger partial charge in [0.05, 0.1) is 12.3 Å². The van der Waals surface area contributed by atoms with Gasteiger partial charge in [-0.1, -0.05) is 28.1 Å². The number of hydrogen-bond donors (Lipinski definition) is 0. The molecule has 0 amide bonds. The normalized spacial score (nSPS) is 14.7. The largest absolute Gasteiger partial charge is 0.332 e. The quantitative estimate of drug-likeness (QED) is 0.566. The van der Waals surface area contributed by atoms with E-state index in [4.69, 9.17) is 0 Å². The van der Waals surface area contributed by atoms with Gasteiger partial charge in [0.1, 0.15) is 0 Å². The summed E-state index contributed by atoms with van der Waals surface area (Å²) in [5.74, 6) is 0.164. The molecule has 0 unspecified atom stereocenters. The van der Waals surface area contributed by atoms with E-state index in [2.05, 4.69) is 20.9 Å². The van der Waals surface area contributed by atoms with Crippen LogP contribution in [0.5, 0.6) is 0 Å². The molecule has 0 aliphatic heterocycles. The van der Waals surface area contributed by atoms with Crippen LogP contribution in [0, 0.1) is 5.92 Å². The van der Waals surface area contributed by atoms with Crippen molar-refractivity contribution in [1.29, 1.82) is 0 Å². The molecule has 8 nitrogen and oxygen atoms in total. The van der Waals surface area contributed by atoms with Crippen LogP contribution in [0.25, 0.3) is 11.2 Å². The number of rotatable bonds is 5. The second kappa shape index (κ2) is 6.70. The molecule has 1 saturated carbocycles. The summed E-state index contributed by atoms with van der Waals surface area (Å²) in [6.45, 7) is 0.169. The Morgan fingerprint density at radius 3 is 2.54 bits per heavy atom. The fourth-order valence-electron chi connectivity index (χ4n) is 3.32. The van der Waals surface area contributed by atoms with Crippen molar-refractivity contribution in [2.24, 2.45) is 20.0 Å². The number of hydrogen-bond acceptors (Lipinski definition) is 5. The van der Waals surface area contributed by atoms with Crippen LogP contribution in [0.3, 0.4) is 0 Å². The molecular weight excluding hydrogens is 448 g/mol. The first-order valence-corrected chi connectivity index (χ1v) is 11.3. The van der Waals surface area contributed by atoms with E-state index in [1.165, 1.54) is 23.2 Å². The van der Waals surface area contributed by atoms with E-state index in [-0.39, 0.29) is 34.5 Å². The van der Waals surface area contributed by atoms with Crippen molar-refractivity contribution < 1.29 is 8.42 Å². The predicted octanol–water partition coefficient (Wildman–Crippen LogP) is 1.43. The third-order valence-electron chi connectivity index (χ3n) is 4.98. The molecule has 0 spiro atoms. The Kier molecular flexibility index (Phi) is 4.58. The van der Waals surface area contributed by atoms with Gasteiger partial charge in [-0.3, -0.25) is 13.9 Å². The van der Waals surface area contributed by atoms with E-state index in [0.717, 1.165) is 27.4 Å². The molecule has 0 bridgehead atoms. The lowest BCUT2D eigenvalue weighted by atomic mass is 10.2. The Labute approximate surface area is 169 Å². The first kappa shape index (κ1) is 19.1. The molecule has 1 aliphatic rings. The second-order valence-corrected chi connectivity index (χ2v) is 10.1. The summed E-state index contributed by atoms with van der Waals surface area (Å²) in [7, 11) is -0.761. The Morgan fingerprint density at radius 2 is 1.89 bits per heavy atom. The van der Waals surface area contributed by atoms with E-state index in [1.54, 1.807) is 0 Å². The maximum absolute atomic E-state index is 12.8. The first-order chi connectivity index (χ1) is 13.2. The highest BCUT2D eigenvalue weighted by molar-refractivity contribution is 9.10. The fraction of sp³-hybridized carbons (Fsp3) is 0.389. The molecule has 0 saturated heterocycles. The van der Waals surface area contributed by atoms with Crippen LogP contribution in [0.1, 0.15) is 18.4 Å². The van der Waals surface area contributed by atoms with Gasteiger partial charge >= 0.3 is 5.69 Å². The van der Waals surface area contributed by atoms with Gasteiger partial charge in [-0.15, -0.1) is 0 Å². The van der Waals surface area contributed by atoms with E-state index in [0.29, 0.717) is 0 Å². The Bertz CT molecular complexity index is 1320. The second-order valence-electron chi connectivity index (χ2n) is 7.21. The molecule has 3 aromatic rings. The number of sulfone groups is 1. The van der Waals surface area contributed by atoms with Crippen molar-refractivity contribution in [3.05, 3.63) is 55.1 Å². The van der Waals surface area contributed by atoms with E-state index in [1.807, 2.05) is 24.3 Å². The van der Waals surface area contributed by atoms with Crippen molar-refractivity contribution in [1.82, 2.24) is 18.7 Å². The standard InChI is InChI=1S/C18H19BrN4O4S/c1-21-14-15(20-17(21)28(26,27)10-11-6-7-11)23(18(25)22(2)16(14)24)9-12-4-3-5-13(19)8-12/h3-5,8,11H,6-7,9-10H2,1-2H3. The van der Waals surface area contributed by atoms with Gasteiger partial charge in [-0.2, -0.15) is 4.98 Å². The van der Waals surface area contributed by atoms with Gasteiger partial charge in [0.15, 0.2) is 11.2 Å². The minimum absolute atomic E-state index is 0.0142. The van der Waals surface area contributed by atoms with Crippen molar-refractivity contribution in [3.63, 3.8) is 0 Å². The third-order valence-corrected chi connectivity index (χ3v) is 7.30. The van der Waals surface area contributed by atoms with Gasteiger partial charge in [-0.05, 0) is 36.5 Å². The average Bonchev–Trinajstić information content (AvgIpc) is 3.36. The lowest BCUT2D eigenvalue weighted by Gasteiger charge is -2.09. The van der Waals surface area contributed by atoms with Crippen LogP contribution >= 0.6 is 15.9 Å². The average molecular weight is 467 g/mol. The zero-order valence-corrected chi connectivity index (χ0v) is 17.8. The molecule has 148 valence electrons. The lowest BCUT2D eigenvalue weighted by Crippen LogP contribution is -2.38. The molecule has 1 fully saturated rings. The summed E-state index contributed by atoms with van der Waals surface area (Å²) >= 11 is 3.40. The Hall–Kier alpha value is -2.20. The highest BCUT2D eigenvalue weighted by Crippen LogP contribution is 2.32. The number of imidazole rings is 1. The summed E-state index contributed by atoms with van der Waals surface area (Å²) in [6.07, 6.45) is 1.77. The monoisotopic (exact) mass is 466 g/mol. The smallest absolute Gasteiger partial charge is 0.312 e. The van der Waals surface area contributed by atoms with Crippen LogP contribution in [0.2, 0.25) is 0 Å². The number of halogens is 1. The van der Waals surface area contributed by atoms with Gasteiger partial charge in [0.2, 0.25) is 15.0 Å². The van der Waals surface area contributed by atoms with Gasteiger partial charge < -0.3 is 4.57 Å². The Balaban J connectivity index is 1.96. The number of fused-ring (bicyclic) bond motifs is 1. The van der Waals surface area contributed by atoms with Crippen molar-refractivity contribution in [2.75, 3.05) is 5.75 Å². The van der Waals surface area contributed by atoms with Crippen LogP contribution in [0.4, 0.5) is 0 Å². The van der Waals surface area contributed by atoms with E-state index >= 15 is 0 Å². The maximum Gasteiger partial charge on any atom is 0.332 e. The Morgan fingerprint density at radius 1 is 1.18 bits per heavy atom. The predicted molar refractivity (Wildman–Crippen MR) is 108 cm³/mol. The molecule has 0 N–H and O–H groups in total. The van der Waals surface area contributed by atoms with Crippen LogP contribution in [0.15, 0.2) is 43.5 Å². The van der Waals surface area contributed by atoms with Gasteiger partial charge in [-0.25, -0.2) is 13.2 Å². The third kappa shape index (κ3) is 3.24. The molecule has 1 aliphatic carbocycles. The zero-order chi connectivity index (χ0) is 20.2. The number of aryl methyl sites for hydroxylation is 1. The molecule has 2 aromatic heterocycles. The molecule has 2 heterocycles. The minimum Gasteiger partial charge on any atom is -0.312 e. The number of aromatic nitrogens is 4. The highest BCUT2D eigenvalue weighted by Gasteiger charge is 2.33. The minimum atomic E-state index is -3.65. The van der Waals surface area contributed by atoms with Crippen LogP contribution in [-0.4, -0.2) is 32.9 Å². The SMILES string of the molecule is Cn1c(=O)c2c(nc(S(=O)(=O)CC3CC3)n2C)n(Cc2cccc(Br)c2)c1=O. The summed E-state index contributed by atoms with van der Waals surface area (Å²) in [5, 5.41) is -0.167. The number of nitrogens with zero attached hydrogens (tertiary/aromatic N) is 4. The van der Waals surface area contributed by atoms with E-state index in [9.17, 15) is 18.0 Å². The molecule has 28 heavy (non-hydrogen) atoms. The topological polar surface area (TPSA) is 96.0 Å². The van der Waals surface area contributed by atoms with Crippen molar-refractivity contribution in [3.8, 4) is 0 Å².